The van der Waals surface area contributed by atoms with Crippen LogP contribution in [0.15, 0.2) is 72.8 Å². The second-order valence-electron chi connectivity index (χ2n) is 6.52. The standard InChI is InChI=1S/C24H18N2O5/c1-30-24(27)20-6-2-18(3-7-20)16-31-23-12-4-17(5-13-23)14-21(15-25)19-8-10-22(11-9-19)26(28)29/h2-14H,16H2,1H3/b21-14+. The zero-order valence-corrected chi connectivity index (χ0v) is 16.6. The summed E-state index contributed by atoms with van der Waals surface area (Å²) in [5, 5.41) is 20.2. The molecule has 0 saturated carbocycles. The molecule has 7 heteroatoms. The Bertz CT molecular complexity index is 1140. The lowest BCUT2D eigenvalue weighted by atomic mass is 10.0. The maximum atomic E-state index is 11.5. The van der Waals surface area contributed by atoms with Crippen molar-refractivity contribution in [3.05, 3.63) is 105 Å². The number of hydrogen-bond acceptors (Lipinski definition) is 6. The average Bonchev–Trinajstić information content (AvgIpc) is 2.82. The molecule has 3 aromatic carbocycles. The first-order valence-corrected chi connectivity index (χ1v) is 9.27. The topological polar surface area (TPSA) is 102 Å². The lowest BCUT2D eigenvalue weighted by molar-refractivity contribution is -0.384. The normalized spacial score (nSPS) is 10.8. The Morgan fingerprint density at radius 2 is 1.61 bits per heavy atom. The van der Waals surface area contributed by atoms with Gasteiger partial charge in [-0.15, -0.1) is 0 Å². The number of methoxy groups -OCH3 is 1. The van der Waals surface area contributed by atoms with Gasteiger partial charge in [0.1, 0.15) is 12.4 Å². The number of rotatable bonds is 7. The molecule has 0 amide bonds. The molecule has 154 valence electrons. The van der Waals surface area contributed by atoms with Crippen LogP contribution in [0, 0.1) is 21.4 Å². The molecule has 3 aromatic rings. The maximum absolute atomic E-state index is 11.5. The van der Waals surface area contributed by atoms with Gasteiger partial charge in [0.05, 0.1) is 29.2 Å². The molecule has 0 aliphatic carbocycles. The monoisotopic (exact) mass is 414 g/mol. The summed E-state index contributed by atoms with van der Waals surface area (Å²) in [6.07, 6.45) is 1.70. The van der Waals surface area contributed by atoms with Gasteiger partial charge in [-0.05, 0) is 59.2 Å². The van der Waals surface area contributed by atoms with Crippen LogP contribution in [0.5, 0.6) is 5.75 Å². The van der Waals surface area contributed by atoms with Gasteiger partial charge in [-0.25, -0.2) is 4.79 Å². The Morgan fingerprint density at radius 3 is 2.16 bits per heavy atom. The number of ether oxygens (including phenoxy) is 2. The number of nitro groups is 1. The fourth-order valence-corrected chi connectivity index (χ4v) is 2.79. The molecule has 0 saturated heterocycles. The number of carbonyl (C=O) groups is 1. The third-order valence-electron chi connectivity index (χ3n) is 4.48. The highest BCUT2D eigenvalue weighted by Gasteiger charge is 2.07. The third-order valence-corrected chi connectivity index (χ3v) is 4.48. The first kappa shape index (κ1) is 21.3. The molecule has 0 aliphatic rings. The van der Waals surface area contributed by atoms with Crippen molar-refractivity contribution in [1.29, 1.82) is 5.26 Å². The molecule has 0 aromatic heterocycles. The molecular formula is C24H18N2O5. The van der Waals surface area contributed by atoms with Crippen molar-refractivity contribution in [2.75, 3.05) is 7.11 Å². The number of allylic oxidation sites excluding steroid dienone is 1. The van der Waals surface area contributed by atoms with Crippen LogP contribution in [0.25, 0.3) is 11.6 Å². The summed E-state index contributed by atoms with van der Waals surface area (Å²) in [5.41, 5.74) is 3.15. The molecule has 0 spiro atoms. The maximum Gasteiger partial charge on any atom is 0.337 e. The molecule has 0 aliphatic heterocycles. The van der Waals surface area contributed by atoms with E-state index in [1.54, 1.807) is 54.6 Å². The second kappa shape index (κ2) is 9.85. The van der Waals surface area contributed by atoms with Crippen LogP contribution in [-0.2, 0) is 11.3 Å². The number of nitro benzene ring substituents is 1. The Kier molecular flexibility index (Phi) is 6.76. The van der Waals surface area contributed by atoms with Crippen LogP contribution in [0.1, 0.15) is 27.0 Å². The zero-order valence-electron chi connectivity index (χ0n) is 16.6. The van der Waals surface area contributed by atoms with Gasteiger partial charge in [0.15, 0.2) is 0 Å². The predicted molar refractivity (Wildman–Crippen MR) is 115 cm³/mol. The predicted octanol–water partition coefficient (Wildman–Crippen LogP) is 5.02. The summed E-state index contributed by atoms with van der Waals surface area (Å²) >= 11 is 0. The van der Waals surface area contributed by atoms with Gasteiger partial charge in [-0.2, -0.15) is 5.26 Å². The van der Waals surface area contributed by atoms with Gasteiger partial charge in [0.25, 0.3) is 5.69 Å². The smallest absolute Gasteiger partial charge is 0.337 e. The Labute approximate surface area is 178 Å². The van der Waals surface area contributed by atoms with Gasteiger partial charge >= 0.3 is 5.97 Å². The number of nitriles is 1. The van der Waals surface area contributed by atoms with Gasteiger partial charge in [0, 0.05) is 12.1 Å². The number of hydrogen-bond donors (Lipinski definition) is 0. The van der Waals surface area contributed by atoms with Crippen molar-refractivity contribution in [2.45, 2.75) is 6.61 Å². The van der Waals surface area contributed by atoms with E-state index in [1.807, 2.05) is 12.1 Å². The van der Waals surface area contributed by atoms with Crippen LogP contribution in [0.4, 0.5) is 5.69 Å². The van der Waals surface area contributed by atoms with E-state index in [1.165, 1.54) is 19.2 Å². The second-order valence-corrected chi connectivity index (χ2v) is 6.52. The van der Waals surface area contributed by atoms with E-state index < -0.39 is 4.92 Å². The minimum Gasteiger partial charge on any atom is -0.489 e. The summed E-state index contributed by atoms with van der Waals surface area (Å²) in [7, 11) is 1.34. The van der Waals surface area contributed by atoms with Crippen LogP contribution >= 0.6 is 0 Å². The summed E-state index contributed by atoms with van der Waals surface area (Å²) in [6.45, 7) is 0.336. The van der Waals surface area contributed by atoms with Crippen LogP contribution in [0.3, 0.4) is 0 Å². The molecule has 0 fully saturated rings. The van der Waals surface area contributed by atoms with E-state index in [0.717, 1.165) is 11.1 Å². The Hall–Kier alpha value is -4.44. The van der Waals surface area contributed by atoms with Gasteiger partial charge in [0.2, 0.25) is 0 Å². The number of benzene rings is 3. The first-order chi connectivity index (χ1) is 15.0. The van der Waals surface area contributed by atoms with Gasteiger partial charge < -0.3 is 9.47 Å². The van der Waals surface area contributed by atoms with E-state index in [0.29, 0.717) is 29.1 Å². The highest BCUT2D eigenvalue weighted by Crippen LogP contribution is 2.22. The molecule has 0 N–H and O–H groups in total. The minimum absolute atomic E-state index is 0.0255. The molecule has 7 nitrogen and oxygen atoms in total. The number of non-ortho nitro benzene ring substituents is 1. The average molecular weight is 414 g/mol. The molecule has 31 heavy (non-hydrogen) atoms. The molecule has 0 atom stereocenters. The molecule has 0 bridgehead atoms. The number of nitrogens with zero attached hydrogens (tertiary/aromatic N) is 2. The molecular weight excluding hydrogens is 396 g/mol. The van der Waals surface area contributed by atoms with E-state index in [-0.39, 0.29) is 11.7 Å². The first-order valence-electron chi connectivity index (χ1n) is 9.27. The number of carbonyl (C=O) groups excluding carboxylic acids is 1. The van der Waals surface area contributed by atoms with Crippen molar-refractivity contribution in [2.24, 2.45) is 0 Å². The lowest BCUT2D eigenvalue weighted by Crippen LogP contribution is -2.01. The van der Waals surface area contributed by atoms with E-state index in [2.05, 4.69) is 10.8 Å². The summed E-state index contributed by atoms with van der Waals surface area (Å²) < 4.78 is 10.4. The fraction of sp³-hybridized carbons (Fsp3) is 0.0833. The minimum atomic E-state index is -0.480. The largest absolute Gasteiger partial charge is 0.489 e. The van der Waals surface area contributed by atoms with Crippen LogP contribution in [0.2, 0.25) is 0 Å². The summed E-state index contributed by atoms with van der Waals surface area (Å²) in [4.78, 5) is 21.7. The molecule has 3 rings (SSSR count). The molecule has 0 unspecified atom stereocenters. The van der Waals surface area contributed by atoms with E-state index in [4.69, 9.17) is 4.74 Å². The van der Waals surface area contributed by atoms with Crippen LogP contribution in [-0.4, -0.2) is 18.0 Å². The number of esters is 1. The van der Waals surface area contributed by atoms with Crippen molar-refractivity contribution < 1.29 is 19.2 Å². The summed E-state index contributed by atoms with van der Waals surface area (Å²) in [6, 6.07) is 22.1. The van der Waals surface area contributed by atoms with Crippen LogP contribution < -0.4 is 4.74 Å². The van der Waals surface area contributed by atoms with Gasteiger partial charge in [-0.3, -0.25) is 10.1 Å². The van der Waals surface area contributed by atoms with Gasteiger partial charge in [-0.1, -0.05) is 24.3 Å². The van der Waals surface area contributed by atoms with E-state index in [9.17, 15) is 20.2 Å². The summed E-state index contributed by atoms with van der Waals surface area (Å²) in [5.74, 6) is 0.268. The molecule has 0 heterocycles. The van der Waals surface area contributed by atoms with Crippen molar-refractivity contribution >= 4 is 23.3 Å². The Balaban J connectivity index is 1.65. The SMILES string of the molecule is COC(=O)c1ccc(COc2ccc(/C=C(\C#N)c3ccc([N+](=O)[O-])cc3)cc2)cc1. The van der Waals surface area contributed by atoms with Crippen molar-refractivity contribution in [3.63, 3.8) is 0 Å². The van der Waals surface area contributed by atoms with E-state index >= 15 is 0 Å². The zero-order chi connectivity index (χ0) is 22.2. The highest BCUT2D eigenvalue weighted by molar-refractivity contribution is 5.90. The lowest BCUT2D eigenvalue weighted by Gasteiger charge is -2.07. The quantitative estimate of drug-likeness (QED) is 0.177. The van der Waals surface area contributed by atoms with Crippen molar-refractivity contribution in [3.8, 4) is 11.8 Å². The third kappa shape index (κ3) is 5.55. The van der Waals surface area contributed by atoms with Crippen molar-refractivity contribution in [1.82, 2.24) is 0 Å². The Morgan fingerprint density at radius 1 is 1.00 bits per heavy atom. The highest BCUT2D eigenvalue weighted by atomic mass is 16.6. The fourth-order valence-electron chi connectivity index (χ4n) is 2.79. The molecule has 0 radical (unpaired) electrons.